The van der Waals surface area contributed by atoms with E-state index >= 15 is 0 Å². The highest BCUT2D eigenvalue weighted by molar-refractivity contribution is 14.0. The number of hydrogen-bond acceptors (Lipinski definition) is 2. The van der Waals surface area contributed by atoms with E-state index in [0.29, 0.717) is 24.6 Å². The van der Waals surface area contributed by atoms with Gasteiger partial charge in [0, 0.05) is 18.2 Å². The molecular formula is C16H24F2IN3O. The van der Waals surface area contributed by atoms with Gasteiger partial charge in [0.15, 0.2) is 5.96 Å². The third kappa shape index (κ3) is 5.56. The lowest BCUT2D eigenvalue weighted by Gasteiger charge is -2.35. The Morgan fingerprint density at radius 3 is 2.61 bits per heavy atom. The van der Waals surface area contributed by atoms with Gasteiger partial charge in [0.1, 0.15) is 11.6 Å². The van der Waals surface area contributed by atoms with Crippen molar-refractivity contribution in [3.05, 3.63) is 35.4 Å². The highest BCUT2D eigenvalue weighted by Gasteiger charge is 2.34. The first-order valence-electron chi connectivity index (χ1n) is 7.66. The summed E-state index contributed by atoms with van der Waals surface area (Å²) in [6.07, 6.45) is 2.54. The maximum absolute atomic E-state index is 13.8. The molecule has 1 atom stereocenters. The van der Waals surface area contributed by atoms with Gasteiger partial charge in [0.05, 0.1) is 18.2 Å². The molecule has 3 N–H and O–H groups in total. The SMILES string of the molecule is CCNC(=NCC1(O)CCC1)NC(C)c1ccc(F)cc1F.I. The Morgan fingerprint density at radius 1 is 1.39 bits per heavy atom. The Bertz CT molecular complexity index is 550. The summed E-state index contributed by atoms with van der Waals surface area (Å²) in [5.41, 5.74) is -0.332. The largest absolute Gasteiger partial charge is 0.388 e. The lowest BCUT2D eigenvalue weighted by molar-refractivity contribution is -0.0236. The molecule has 1 aliphatic rings. The standard InChI is InChI=1S/C16H23F2N3O.HI/c1-3-19-15(20-10-16(22)7-4-8-16)21-11(2)13-6-5-12(17)9-14(13)18;/h5-6,9,11,22H,3-4,7-8,10H2,1-2H3,(H2,19,20,21);1H. The Kier molecular flexibility index (Phi) is 7.66. The molecule has 130 valence electrons. The van der Waals surface area contributed by atoms with Crippen molar-refractivity contribution in [1.82, 2.24) is 10.6 Å². The summed E-state index contributed by atoms with van der Waals surface area (Å²) in [6.45, 7) is 4.68. The van der Waals surface area contributed by atoms with E-state index in [0.717, 1.165) is 25.3 Å². The van der Waals surface area contributed by atoms with Gasteiger partial charge in [-0.15, -0.1) is 24.0 Å². The van der Waals surface area contributed by atoms with Gasteiger partial charge in [0.2, 0.25) is 0 Å². The fourth-order valence-electron chi connectivity index (χ4n) is 2.42. The molecule has 0 aliphatic heterocycles. The van der Waals surface area contributed by atoms with Gasteiger partial charge in [-0.05, 0) is 39.2 Å². The number of nitrogens with zero attached hydrogens (tertiary/aromatic N) is 1. The van der Waals surface area contributed by atoms with Crippen LogP contribution in [0.25, 0.3) is 0 Å². The number of hydrogen-bond donors (Lipinski definition) is 3. The van der Waals surface area contributed by atoms with Crippen molar-refractivity contribution in [3.8, 4) is 0 Å². The molecule has 1 fully saturated rings. The predicted molar refractivity (Wildman–Crippen MR) is 98.1 cm³/mol. The van der Waals surface area contributed by atoms with Crippen LogP contribution in [0, 0.1) is 11.6 Å². The summed E-state index contributed by atoms with van der Waals surface area (Å²) in [5.74, 6) is -0.672. The first kappa shape index (κ1) is 20.1. The topological polar surface area (TPSA) is 56.7 Å². The molecule has 7 heteroatoms. The molecule has 1 saturated carbocycles. The van der Waals surface area contributed by atoms with Crippen LogP contribution in [-0.2, 0) is 0 Å². The molecule has 1 unspecified atom stereocenters. The van der Waals surface area contributed by atoms with E-state index in [1.807, 2.05) is 6.92 Å². The summed E-state index contributed by atoms with van der Waals surface area (Å²) < 4.78 is 26.8. The lowest BCUT2D eigenvalue weighted by Crippen LogP contribution is -2.43. The average Bonchev–Trinajstić information content (AvgIpc) is 2.42. The van der Waals surface area contributed by atoms with Crippen LogP contribution in [0.4, 0.5) is 8.78 Å². The number of halogens is 3. The Labute approximate surface area is 152 Å². The summed E-state index contributed by atoms with van der Waals surface area (Å²) in [6, 6.07) is 3.16. The summed E-state index contributed by atoms with van der Waals surface area (Å²) in [4.78, 5) is 4.37. The summed E-state index contributed by atoms with van der Waals surface area (Å²) >= 11 is 0. The average molecular weight is 439 g/mol. The van der Waals surface area contributed by atoms with Crippen LogP contribution in [-0.4, -0.2) is 29.8 Å². The smallest absolute Gasteiger partial charge is 0.191 e. The van der Waals surface area contributed by atoms with Gasteiger partial charge < -0.3 is 15.7 Å². The van der Waals surface area contributed by atoms with Crippen molar-refractivity contribution >= 4 is 29.9 Å². The molecular weight excluding hydrogens is 415 g/mol. The number of aliphatic imine (C=N–C) groups is 1. The zero-order chi connectivity index (χ0) is 16.2. The molecule has 0 bridgehead atoms. The number of benzene rings is 1. The number of guanidine groups is 1. The van der Waals surface area contributed by atoms with Crippen LogP contribution in [0.2, 0.25) is 0 Å². The van der Waals surface area contributed by atoms with Gasteiger partial charge in [-0.1, -0.05) is 6.07 Å². The Hall–Kier alpha value is -0.960. The number of rotatable bonds is 5. The molecule has 4 nitrogen and oxygen atoms in total. The van der Waals surface area contributed by atoms with Crippen molar-refractivity contribution < 1.29 is 13.9 Å². The van der Waals surface area contributed by atoms with Crippen molar-refractivity contribution in [2.24, 2.45) is 4.99 Å². The Balaban J connectivity index is 0.00000264. The molecule has 0 aromatic heterocycles. The van der Waals surface area contributed by atoms with E-state index in [-0.39, 0.29) is 30.0 Å². The van der Waals surface area contributed by atoms with Gasteiger partial charge >= 0.3 is 0 Å². The zero-order valence-corrected chi connectivity index (χ0v) is 15.7. The van der Waals surface area contributed by atoms with Gasteiger partial charge in [-0.25, -0.2) is 8.78 Å². The second-order valence-corrected chi connectivity index (χ2v) is 5.80. The molecule has 0 saturated heterocycles. The fraction of sp³-hybridized carbons (Fsp3) is 0.562. The van der Waals surface area contributed by atoms with E-state index in [9.17, 15) is 13.9 Å². The quantitative estimate of drug-likeness (QED) is 0.376. The van der Waals surface area contributed by atoms with Crippen molar-refractivity contribution in [2.45, 2.75) is 44.8 Å². The van der Waals surface area contributed by atoms with Crippen LogP contribution in [0.1, 0.15) is 44.7 Å². The highest BCUT2D eigenvalue weighted by Crippen LogP contribution is 2.31. The van der Waals surface area contributed by atoms with Crippen LogP contribution in [0.5, 0.6) is 0 Å². The van der Waals surface area contributed by atoms with Crippen LogP contribution < -0.4 is 10.6 Å². The molecule has 0 amide bonds. The van der Waals surface area contributed by atoms with E-state index in [2.05, 4.69) is 15.6 Å². The third-order valence-electron chi connectivity index (χ3n) is 3.94. The van der Waals surface area contributed by atoms with Gasteiger partial charge in [0.25, 0.3) is 0 Å². The molecule has 2 rings (SSSR count). The summed E-state index contributed by atoms with van der Waals surface area (Å²) in [7, 11) is 0. The third-order valence-corrected chi connectivity index (χ3v) is 3.94. The monoisotopic (exact) mass is 439 g/mol. The van der Waals surface area contributed by atoms with Crippen LogP contribution >= 0.6 is 24.0 Å². The van der Waals surface area contributed by atoms with E-state index < -0.39 is 17.2 Å². The molecule has 1 aliphatic carbocycles. The zero-order valence-electron chi connectivity index (χ0n) is 13.4. The predicted octanol–water partition coefficient (Wildman–Crippen LogP) is 3.11. The minimum Gasteiger partial charge on any atom is -0.388 e. The molecule has 0 heterocycles. The fourth-order valence-corrected chi connectivity index (χ4v) is 2.42. The summed E-state index contributed by atoms with van der Waals surface area (Å²) in [5, 5.41) is 16.2. The van der Waals surface area contributed by atoms with Gasteiger partial charge in [-0.3, -0.25) is 4.99 Å². The van der Waals surface area contributed by atoms with E-state index in [1.165, 1.54) is 12.1 Å². The number of nitrogens with one attached hydrogen (secondary N) is 2. The molecule has 0 spiro atoms. The normalized spacial score (nSPS) is 17.7. The van der Waals surface area contributed by atoms with Crippen molar-refractivity contribution in [1.29, 1.82) is 0 Å². The van der Waals surface area contributed by atoms with Crippen molar-refractivity contribution in [3.63, 3.8) is 0 Å². The molecule has 1 aromatic carbocycles. The second kappa shape index (κ2) is 8.77. The lowest BCUT2D eigenvalue weighted by atomic mass is 9.80. The second-order valence-electron chi connectivity index (χ2n) is 5.80. The van der Waals surface area contributed by atoms with Crippen LogP contribution in [0.3, 0.4) is 0 Å². The minimum absolute atomic E-state index is 0. The molecule has 1 aromatic rings. The highest BCUT2D eigenvalue weighted by atomic mass is 127. The van der Waals surface area contributed by atoms with Crippen molar-refractivity contribution in [2.75, 3.05) is 13.1 Å². The maximum Gasteiger partial charge on any atom is 0.191 e. The maximum atomic E-state index is 13.8. The first-order valence-corrected chi connectivity index (χ1v) is 7.66. The Morgan fingerprint density at radius 2 is 2.09 bits per heavy atom. The minimum atomic E-state index is -0.702. The van der Waals surface area contributed by atoms with Gasteiger partial charge in [-0.2, -0.15) is 0 Å². The molecule has 23 heavy (non-hydrogen) atoms. The molecule has 0 radical (unpaired) electrons. The number of aliphatic hydroxyl groups is 1. The van der Waals surface area contributed by atoms with E-state index in [1.54, 1.807) is 6.92 Å². The van der Waals surface area contributed by atoms with Crippen LogP contribution in [0.15, 0.2) is 23.2 Å². The first-order chi connectivity index (χ1) is 10.4. The van der Waals surface area contributed by atoms with E-state index in [4.69, 9.17) is 0 Å².